The summed E-state index contributed by atoms with van der Waals surface area (Å²) in [4.78, 5) is 15.0. The molecular weight excluding hydrogens is 288 g/mol. The first kappa shape index (κ1) is 14.6. The zero-order valence-corrected chi connectivity index (χ0v) is 11.7. The monoisotopic (exact) mass is 300 g/mol. The quantitative estimate of drug-likeness (QED) is 0.450. The average molecular weight is 300 g/mol. The molecule has 0 bridgehead atoms. The van der Waals surface area contributed by atoms with Crippen molar-refractivity contribution in [3.8, 4) is 11.3 Å². The standard InChI is InChI=1S/C14H12N4O2S/c15-14(21)18-16-8-9-4-6-10(7-5-9)11-2-1-3-12(17-11)13(19)20/h1-8H,(H,19,20)(H3,15,18,21). The number of nitrogens with two attached hydrogens (primary N) is 1. The van der Waals surface area contributed by atoms with E-state index in [0.29, 0.717) is 5.69 Å². The average Bonchev–Trinajstić information content (AvgIpc) is 2.48. The second-order valence-corrected chi connectivity index (χ2v) is 4.51. The highest BCUT2D eigenvalue weighted by molar-refractivity contribution is 7.80. The summed E-state index contributed by atoms with van der Waals surface area (Å²) in [5, 5.41) is 12.9. The van der Waals surface area contributed by atoms with Crippen LogP contribution in [0.4, 0.5) is 0 Å². The molecule has 0 saturated carbocycles. The molecule has 0 radical (unpaired) electrons. The van der Waals surface area contributed by atoms with E-state index in [9.17, 15) is 4.79 Å². The molecule has 1 aromatic heterocycles. The predicted octanol–water partition coefficient (Wildman–Crippen LogP) is 1.61. The number of nitrogens with zero attached hydrogens (tertiary/aromatic N) is 2. The molecule has 1 heterocycles. The third-order valence-electron chi connectivity index (χ3n) is 2.56. The lowest BCUT2D eigenvalue weighted by atomic mass is 10.1. The SMILES string of the molecule is NC(=S)NN=Cc1ccc(-c2cccc(C(=O)O)n2)cc1. The molecule has 0 aliphatic carbocycles. The lowest BCUT2D eigenvalue weighted by Gasteiger charge is -2.02. The van der Waals surface area contributed by atoms with Crippen LogP contribution in [0.3, 0.4) is 0 Å². The van der Waals surface area contributed by atoms with Gasteiger partial charge in [-0.3, -0.25) is 5.43 Å². The Morgan fingerprint density at radius 2 is 2.00 bits per heavy atom. The van der Waals surface area contributed by atoms with Gasteiger partial charge in [-0.15, -0.1) is 0 Å². The molecule has 7 heteroatoms. The smallest absolute Gasteiger partial charge is 0.354 e. The number of hydrogen-bond donors (Lipinski definition) is 3. The summed E-state index contributed by atoms with van der Waals surface area (Å²) >= 11 is 4.63. The van der Waals surface area contributed by atoms with Crippen molar-refractivity contribution in [1.82, 2.24) is 10.4 Å². The van der Waals surface area contributed by atoms with E-state index in [4.69, 9.17) is 10.8 Å². The zero-order valence-electron chi connectivity index (χ0n) is 10.9. The summed E-state index contributed by atoms with van der Waals surface area (Å²) in [6.45, 7) is 0. The molecule has 2 aromatic rings. The fraction of sp³-hybridized carbons (Fsp3) is 0. The van der Waals surface area contributed by atoms with Gasteiger partial charge in [-0.2, -0.15) is 5.10 Å². The van der Waals surface area contributed by atoms with Crippen LogP contribution in [0, 0.1) is 0 Å². The minimum Gasteiger partial charge on any atom is -0.477 e. The summed E-state index contributed by atoms with van der Waals surface area (Å²) in [7, 11) is 0. The maximum absolute atomic E-state index is 10.9. The Balaban J connectivity index is 2.19. The maximum atomic E-state index is 10.9. The van der Waals surface area contributed by atoms with Crippen molar-refractivity contribution in [3.63, 3.8) is 0 Å². The number of pyridine rings is 1. The molecule has 4 N–H and O–H groups in total. The molecule has 0 amide bonds. The van der Waals surface area contributed by atoms with Crippen LogP contribution in [0.25, 0.3) is 11.3 Å². The summed E-state index contributed by atoms with van der Waals surface area (Å²) in [5.41, 5.74) is 9.98. The number of carboxylic acids is 1. The van der Waals surface area contributed by atoms with Gasteiger partial charge in [0.15, 0.2) is 5.11 Å². The van der Waals surface area contributed by atoms with Gasteiger partial charge in [-0.05, 0) is 29.9 Å². The Morgan fingerprint density at radius 1 is 1.29 bits per heavy atom. The van der Waals surface area contributed by atoms with E-state index in [1.807, 2.05) is 24.3 Å². The molecule has 1 aromatic carbocycles. The zero-order chi connectivity index (χ0) is 15.2. The summed E-state index contributed by atoms with van der Waals surface area (Å²) in [6.07, 6.45) is 1.57. The molecule has 21 heavy (non-hydrogen) atoms. The van der Waals surface area contributed by atoms with Crippen molar-refractivity contribution in [1.29, 1.82) is 0 Å². The Bertz CT molecular complexity index is 698. The lowest BCUT2D eigenvalue weighted by Crippen LogP contribution is -2.23. The van der Waals surface area contributed by atoms with Crippen molar-refractivity contribution in [2.75, 3.05) is 0 Å². The van der Waals surface area contributed by atoms with E-state index < -0.39 is 5.97 Å². The van der Waals surface area contributed by atoms with Gasteiger partial charge in [0.25, 0.3) is 0 Å². The van der Waals surface area contributed by atoms with Gasteiger partial charge in [0, 0.05) is 5.56 Å². The number of nitrogens with one attached hydrogen (secondary N) is 1. The van der Waals surface area contributed by atoms with Crippen molar-refractivity contribution >= 4 is 29.5 Å². The number of rotatable bonds is 4. The second kappa shape index (κ2) is 6.58. The molecule has 2 rings (SSSR count). The molecule has 0 saturated heterocycles. The second-order valence-electron chi connectivity index (χ2n) is 4.07. The first-order chi connectivity index (χ1) is 10.1. The first-order valence-corrected chi connectivity index (χ1v) is 6.36. The third-order valence-corrected chi connectivity index (χ3v) is 2.65. The topological polar surface area (TPSA) is 101 Å². The maximum Gasteiger partial charge on any atom is 0.354 e. The highest BCUT2D eigenvalue weighted by atomic mass is 32.1. The van der Waals surface area contributed by atoms with E-state index in [0.717, 1.165) is 11.1 Å². The number of thiocarbonyl (C=S) groups is 1. The van der Waals surface area contributed by atoms with Crippen molar-refractivity contribution in [2.24, 2.45) is 10.8 Å². The van der Waals surface area contributed by atoms with Gasteiger partial charge in [0.1, 0.15) is 5.69 Å². The number of aromatic carboxylic acids is 1. The summed E-state index contributed by atoms with van der Waals surface area (Å²) in [5.74, 6) is -1.05. The third kappa shape index (κ3) is 4.08. The van der Waals surface area contributed by atoms with Gasteiger partial charge < -0.3 is 10.8 Å². The van der Waals surface area contributed by atoms with Crippen LogP contribution in [-0.2, 0) is 0 Å². The minimum atomic E-state index is -1.05. The van der Waals surface area contributed by atoms with Gasteiger partial charge in [0.05, 0.1) is 11.9 Å². The number of hydrogen-bond acceptors (Lipinski definition) is 4. The Kier molecular flexibility index (Phi) is 4.57. The summed E-state index contributed by atoms with van der Waals surface area (Å²) < 4.78 is 0. The van der Waals surface area contributed by atoms with Crippen LogP contribution in [-0.4, -0.2) is 27.4 Å². The van der Waals surface area contributed by atoms with E-state index in [-0.39, 0.29) is 10.8 Å². The minimum absolute atomic E-state index is 0.0128. The van der Waals surface area contributed by atoms with Crippen LogP contribution in [0.5, 0.6) is 0 Å². The Hall–Kier alpha value is -2.80. The van der Waals surface area contributed by atoms with E-state index in [1.165, 1.54) is 6.07 Å². The van der Waals surface area contributed by atoms with Crippen molar-refractivity contribution in [3.05, 3.63) is 53.7 Å². The highest BCUT2D eigenvalue weighted by Gasteiger charge is 2.06. The van der Waals surface area contributed by atoms with Gasteiger partial charge in [-0.25, -0.2) is 9.78 Å². The molecule has 0 spiro atoms. The Morgan fingerprint density at radius 3 is 2.62 bits per heavy atom. The molecule has 0 fully saturated rings. The van der Waals surface area contributed by atoms with E-state index >= 15 is 0 Å². The number of carboxylic acid groups (broad SMARTS) is 1. The fourth-order valence-electron chi connectivity index (χ4n) is 1.62. The van der Waals surface area contributed by atoms with Crippen LogP contribution in [0.2, 0.25) is 0 Å². The molecular formula is C14H12N4O2S. The highest BCUT2D eigenvalue weighted by Crippen LogP contribution is 2.17. The molecule has 0 aliphatic heterocycles. The van der Waals surface area contributed by atoms with Crippen LogP contribution in [0.15, 0.2) is 47.6 Å². The Labute approximate surface area is 126 Å². The number of hydrazone groups is 1. The normalized spacial score (nSPS) is 10.5. The molecule has 0 atom stereocenters. The number of aromatic nitrogens is 1. The predicted molar refractivity (Wildman–Crippen MR) is 84.1 cm³/mol. The van der Waals surface area contributed by atoms with Gasteiger partial charge >= 0.3 is 5.97 Å². The van der Waals surface area contributed by atoms with Gasteiger partial charge in [0.2, 0.25) is 0 Å². The van der Waals surface area contributed by atoms with Crippen LogP contribution in [0.1, 0.15) is 16.1 Å². The largest absolute Gasteiger partial charge is 0.477 e. The van der Waals surface area contributed by atoms with E-state index in [1.54, 1.807) is 18.3 Å². The van der Waals surface area contributed by atoms with Crippen LogP contribution < -0.4 is 11.2 Å². The number of benzene rings is 1. The van der Waals surface area contributed by atoms with Crippen molar-refractivity contribution < 1.29 is 9.90 Å². The first-order valence-electron chi connectivity index (χ1n) is 5.95. The lowest BCUT2D eigenvalue weighted by molar-refractivity contribution is 0.0690. The summed E-state index contributed by atoms with van der Waals surface area (Å²) in [6, 6.07) is 12.2. The molecule has 106 valence electrons. The number of carbonyl (C=O) groups is 1. The van der Waals surface area contributed by atoms with Gasteiger partial charge in [-0.1, -0.05) is 30.3 Å². The molecule has 0 unspecified atom stereocenters. The fourth-order valence-corrected chi connectivity index (χ4v) is 1.68. The van der Waals surface area contributed by atoms with Crippen LogP contribution >= 0.6 is 12.2 Å². The molecule has 0 aliphatic rings. The van der Waals surface area contributed by atoms with Crippen molar-refractivity contribution in [2.45, 2.75) is 0 Å². The van der Waals surface area contributed by atoms with E-state index in [2.05, 4.69) is 27.7 Å². The molecule has 6 nitrogen and oxygen atoms in total.